The summed E-state index contributed by atoms with van der Waals surface area (Å²) in [5, 5.41) is 0. The van der Waals surface area contributed by atoms with E-state index in [-0.39, 0.29) is 12.4 Å². The van der Waals surface area contributed by atoms with Gasteiger partial charge in [0, 0.05) is 28.9 Å². The number of hydrogen-bond donors (Lipinski definition) is 0. The van der Waals surface area contributed by atoms with E-state index in [2.05, 4.69) is 0 Å². The number of carbonyl (C=O) groups excluding carboxylic acids is 2. The van der Waals surface area contributed by atoms with Gasteiger partial charge in [0.05, 0.1) is 6.61 Å². The lowest BCUT2D eigenvalue weighted by Crippen LogP contribution is -2.43. The van der Waals surface area contributed by atoms with Crippen LogP contribution in [0.15, 0.2) is 47.5 Å². The predicted octanol–water partition coefficient (Wildman–Crippen LogP) is 3.30. The molecule has 2 aromatic rings. The molecule has 0 amide bonds. The highest BCUT2D eigenvalue weighted by atomic mass is 32.2. The SMILES string of the molecule is CCOC(=O)C1(C(=O)c2cccc(SC)c2)CCn2cccc21. The van der Waals surface area contributed by atoms with Crippen molar-refractivity contribution in [2.24, 2.45) is 0 Å². The predicted molar refractivity (Wildman–Crippen MR) is 89.9 cm³/mol. The molecule has 1 aliphatic rings. The standard InChI is InChI=1S/C18H19NO3S/c1-3-22-17(21)18(9-11-19-10-5-8-15(18)19)16(20)13-6-4-7-14(12-13)23-2/h4-8,10,12H,3,9,11H2,1-2H3. The number of aryl methyl sites for hydroxylation is 1. The van der Waals surface area contributed by atoms with Crippen LogP contribution < -0.4 is 0 Å². The first kappa shape index (κ1) is 15.9. The maximum absolute atomic E-state index is 13.3. The van der Waals surface area contributed by atoms with E-state index in [4.69, 9.17) is 4.74 Å². The molecule has 4 nitrogen and oxygen atoms in total. The highest BCUT2D eigenvalue weighted by molar-refractivity contribution is 7.98. The minimum absolute atomic E-state index is 0.177. The van der Waals surface area contributed by atoms with Crippen molar-refractivity contribution >= 4 is 23.5 Å². The maximum atomic E-state index is 13.3. The average Bonchev–Trinajstić information content (AvgIpc) is 3.17. The number of benzene rings is 1. The lowest BCUT2D eigenvalue weighted by atomic mass is 9.76. The van der Waals surface area contributed by atoms with Gasteiger partial charge in [-0.1, -0.05) is 12.1 Å². The molecule has 0 saturated heterocycles. The van der Waals surface area contributed by atoms with Gasteiger partial charge in [-0.2, -0.15) is 0 Å². The summed E-state index contributed by atoms with van der Waals surface area (Å²) in [4.78, 5) is 27.0. The Morgan fingerprint density at radius 1 is 1.30 bits per heavy atom. The van der Waals surface area contributed by atoms with E-state index in [9.17, 15) is 9.59 Å². The van der Waals surface area contributed by atoms with Crippen molar-refractivity contribution < 1.29 is 14.3 Å². The van der Waals surface area contributed by atoms with E-state index < -0.39 is 11.4 Å². The van der Waals surface area contributed by atoms with Crippen LogP contribution in [0.1, 0.15) is 29.4 Å². The van der Waals surface area contributed by atoms with E-state index in [1.54, 1.807) is 24.8 Å². The molecule has 2 heterocycles. The van der Waals surface area contributed by atoms with Crippen molar-refractivity contribution in [2.45, 2.75) is 30.2 Å². The lowest BCUT2D eigenvalue weighted by molar-refractivity contribution is -0.148. The van der Waals surface area contributed by atoms with Crippen molar-refractivity contribution in [3.8, 4) is 0 Å². The Bertz CT molecular complexity index is 752. The number of carbonyl (C=O) groups is 2. The fraction of sp³-hybridized carbons (Fsp3) is 0.333. The third-order valence-corrected chi connectivity index (χ3v) is 5.06. The van der Waals surface area contributed by atoms with Crippen LogP contribution >= 0.6 is 11.8 Å². The number of ether oxygens (including phenoxy) is 1. The van der Waals surface area contributed by atoms with Crippen molar-refractivity contribution in [1.82, 2.24) is 4.57 Å². The first-order chi connectivity index (χ1) is 11.1. The van der Waals surface area contributed by atoms with Gasteiger partial charge in [-0.15, -0.1) is 11.8 Å². The second kappa shape index (κ2) is 6.24. The third kappa shape index (κ3) is 2.49. The molecule has 0 radical (unpaired) electrons. The zero-order valence-corrected chi connectivity index (χ0v) is 14.1. The van der Waals surface area contributed by atoms with Crippen LogP contribution in [0.5, 0.6) is 0 Å². The minimum atomic E-state index is -1.23. The Labute approximate surface area is 139 Å². The average molecular weight is 329 g/mol. The molecule has 1 atom stereocenters. The summed E-state index contributed by atoms with van der Waals surface area (Å²) in [6.07, 6.45) is 4.32. The monoisotopic (exact) mass is 329 g/mol. The van der Waals surface area contributed by atoms with Gasteiger partial charge in [0.25, 0.3) is 0 Å². The van der Waals surface area contributed by atoms with E-state index >= 15 is 0 Å². The molecular weight excluding hydrogens is 310 g/mol. The largest absolute Gasteiger partial charge is 0.465 e. The van der Waals surface area contributed by atoms with Crippen LogP contribution in [0.3, 0.4) is 0 Å². The fourth-order valence-electron chi connectivity index (χ4n) is 3.21. The number of Topliss-reactive ketones (excluding diaryl/α,β-unsaturated/α-hetero) is 1. The number of fused-ring (bicyclic) bond motifs is 1. The molecule has 0 aliphatic carbocycles. The summed E-state index contributed by atoms with van der Waals surface area (Å²) in [6, 6.07) is 11.1. The molecule has 3 rings (SSSR count). The van der Waals surface area contributed by atoms with Crippen molar-refractivity contribution in [2.75, 3.05) is 12.9 Å². The Kier molecular flexibility index (Phi) is 4.31. The molecule has 1 aromatic carbocycles. The van der Waals surface area contributed by atoms with Gasteiger partial charge >= 0.3 is 5.97 Å². The highest BCUT2D eigenvalue weighted by Crippen LogP contribution is 2.40. The third-order valence-electron chi connectivity index (χ3n) is 4.34. The molecule has 1 unspecified atom stereocenters. The molecule has 0 N–H and O–H groups in total. The van der Waals surface area contributed by atoms with Crippen LogP contribution in [0, 0.1) is 0 Å². The normalized spacial score (nSPS) is 19.4. The number of nitrogens with zero attached hydrogens (tertiary/aromatic N) is 1. The van der Waals surface area contributed by atoms with Crippen molar-refractivity contribution in [1.29, 1.82) is 0 Å². The second-order valence-corrected chi connectivity index (χ2v) is 6.40. The molecule has 23 heavy (non-hydrogen) atoms. The molecule has 0 saturated carbocycles. The smallest absolute Gasteiger partial charge is 0.326 e. The van der Waals surface area contributed by atoms with Crippen molar-refractivity contribution in [3.05, 3.63) is 53.9 Å². The van der Waals surface area contributed by atoms with Crippen LogP contribution in [0.2, 0.25) is 0 Å². The Hall–Kier alpha value is -2.01. The van der Waals surface area contributed by atoms with Crippen LogP contribution in [-0.4, -0.2) is 29.2 Å². The first-order valence-electron chi connectivity index (χ1n) is 7.65. The van der Waals surface area contributed by atoms with Crippen molar-refractivity contribution in [3.63, 3.8) is 0 Å². The summed E-state index contributed by atoms with van der Waals surface area (Å²) in [5.41, 5.74) is 0.0614. The van der Waals surface area contributed by atoms with Gasteiger partial charge in [-0.3, -0.25) is 9.59 Å². The summed E-state index contributed by atoms with van der Waals surface area (Å²) in [7, 11) is 0. The number of hydrogen-bond acceptors (Lipinski definition) is 4. The van der Waals surface area contributed by atoms with E-state index in [0.29, 0.717) is 18.5 Å². The Morgan fingerprint density at radius 3 is 2.87 bits per heavy atom. The molecule has 120 valence electrons. The van der Waals surface area contributed by atoms with E-state index in [0.717, 1.165) is 10.6 Å². The fourth-order valence-corrected chi connectivity index (χ4v) is 3.67. The van der Waals surface area contributed by atoms with Gasteiger partial charge in [0.15, 0.2) is 11.2 Å². The molecule has 1 aromatic heterocycles. The summed E-state index contributed by atoms with van der Waals surface area (Å²) < 4.78 is 7.24. The molecule has 5 heteroatoms. The van der Waals surface area contributed by atoms with E-state index in [1.807, 2.05) is 47.4 Å². The summed E-state index contributed by atoms with van der Waals surface area (Å²) in [6.45, 7) is 2.67. The number of esters is 1. The van der Waals surface area contributed by atoms with Crippen LogP contribution in [0.25, 0.3) is 0 Å². The summed E-state index contributed by atoms with van der Waals surface area (Å²) in [5.74, 6) is -0.624. The Morgan fingerprint density at radius 2 is 2.13 bits per heavy atom. The topological polar surface area (TPSA) is 48.3 Å². The molecule has 0 spiro atoms. The van der Waals surface area contributed by atoms with Gasteiger partial charge < -0.3 is 9.30 Å². The van der Waals surface area contributed by atoms with E-state index in [1.165, 1.54) is 0 Å². The molecule has 0 fully saturated rings. The highest BCUT2D eigenvalue weighted by Gasteiger charge is 2.53. The second-order valence-electron chi connectivity index (χ2n) is 5.52. The van der Waals surface area contributed by atoms with Gasteiger partial charge in [-0.25, -0.2) is 0 Å². The summed E-state index contributed by atoms with van der Waals surface area (Å²) >= 11 is 1.57. The number of rotatable bonds is 5. The van der Waals surface area contributed by atoms with Crippen LogP contribution in [-0.2, 0) is 21.5 Å². The molecule has 0 bridgehead atoms. The van der Waals surface area contributed by atoms with Crippen LogP contribution in [0.4, 0.5) is 0 Å². The zero-order chi connectivity index (χ0) is 16.4. The number of ketones is 1. The molecular formula is C18H19NO3S. The molecule has 1 aliphatic heterocycles. The quantitative estimate of drug-likeness (QED) is 0.365. The van der Waals surface area contributed by atoms with Gasteiger partial charge in [-0.05, 0) is 43.9 Å². The Balaban J connectivity index is 2.10. The van der Waals surface area contributed by atoms with Gasteiger partial charge in [0.1, 0.15) is 0 Å². The number of thioether (sulfide) groups is 1. The lowest BCUT2D eigenvalue weighted by Gasteiger charge is -2.25. The zero-order valence-electron chi connectivity index (χ0n) is 13.2. The number of aromatic nitrogens is 1. The van der Waals surface area contributed by atoms with Gasteiger partial charge in [0.2, 0.25) is 0 Å². The maximum Gasteiger partial charge on any atom is 0.326 e. The minimum Gasteiger partial charge on any atom is -0.465 e. The first-order valence-corrected chi connectivity index (χ1v) is 8.87.